The minimum absolute atomic E-state index is 0.0132. The van der Waals surface area contributed by atoms with Crippen LogP contribution >= 0.6 is 0 Å². The topological polar surface area (TPSA) is 80.6 Å². The highest BCUT2D eigenvalue weighted by molar-refractivity contribution is 5.80. The van der Waals surface area contributed by atoms with Crippen molar-refractivity contribution in [1.82, 2.24) is 0 Å². The van der Waals surface area contributed by atoms with Crippen molar-refractivity contribution in [3.8, 4) is 17.6 Å². The minimum atomic E-state index is -0.0132. The average Bonchev–Trinajstić information content (AvgIpc) is 2.27. The molecule has 0 aliphatic rings. The van der Waals surface area contributed by atoms with Crippen LogP contribution in [0, 0.1) is 11.3 Å². The summed E-state index contributed by atoms with van der Waals surface area (Å²) in [6.07, 6.45) is 1.50. The monoisotopic (exact) mass is 205 g/mol. The van der Waals surface area contributed by atoms with Crippen molar-refractivity contribution in [1.29, 1.82) is 5.26 Å². The Labute approximate surface area is 87.7 Å². The number of methoxy groups -OCH3 is 1. The second kappa shape index (κ2) is 5.50. The van der Waals surface area contributed by atoms with Crippen LogP contribution in [-0.4, -0.2) is 19.9 Å². The van der Waals surface area contributed by atoms with E-state index >= 15 is 0 Å². The second-order valence-electron chi connectivity index (χ2n) is 2.64. The van der Waals surface area contributed by atoms with Gasteiger partial charge in [-0.1, -0.05) is 0 Å². The fourth-order valence-electron chi connectivity index (χ4n) is 1.08. The van der Waals surface area contributed by atoms with Crippen LogP contribution in [0.1, 0.15) is 5.56 Å². The first kappa shape index (κ1) is 10.9. The SMILES string of the molecule is COc1cc(/C=N\N)ccc1OCC#N. The molecule has 1 rings (SSSR count). The number of hydrogen-bond donors (Lipinski definition) is 1. The highest BCUT2D eigenvalue weighted by Gasteiger charge is 2.04. The molecule has 78 valence electrons. The van der Waals surface area contributed by atoms with E-state index in [9.17, 15) is 0 Å². The first-order valence-electron chi connectivity index (χ1n) is 4.23. The van der Waals surface area contributed by atoms with Crippen molar-refractivity contribution >= 4 is 6.21 Å². The Bertz CT molecular complexity index is 396. The molecule has 0 amide bonds. The van der Waals surface area contributed by atoms with E-state index in [1.165, 1.54) is 13.3 Å². The number of hydrazone groups is 1. The largest absolute Gasteiger partial charge is 0.493 e. The molecule has 0 fully saturated rings. The van der Waals surface area contributed by atoms with E-state index in [0.29, 0.717) is 11.5 Å². The molecule has 0 atom stereocenters. The van der Waals surface area contributed by atoms with E-state index in [4.69, 9.17) is 20.6 Å². The zero-order valence-corrected chi connectivity index (χ0v) is 8.30. The van der Waals surface area contributed by atoms with Crippen molar-refractivity contribution in [2.24, 2.45) is 10.9 Å². The Morgan fingerprint density at radius 2 is 2.33 bits per heavy atom. The fourth-order valence-corrected chi connectivity index (χ4v) is 1.08. The Hall–Kier alpha value is -2.22. The van der Waals surface area contributed by atoms with Crippen LogP contribution < -0.4 is 15.3 Å². The van der Waals surface area contributed by atoms with Crippen LogP contribution in [0.25, 0.3) is 0 Å². The molecule has 1 aromatic rings. The number of benzene rings is 1. The normalized spacial score (nSPS) is 9.87. The average molecular weight is 205 g/mol. The van der Waals surface area contributed by atoms with Gasteiger partial charge in [-0.25, -0.2) is 0 Å². The molecule has 0 heterocycles. The van der Waals surface area contributed by atoms with E-state index in [-0.39, 0.29) is 6.61 Å². The molecule has 5 heteroatoms. The van der Waals surface area contributed by atoms with Gasteiger partial charge in [-0.3, -0.25) is 0 Å². The van der Waals surface area contributed by atoms with Gasteiger partial charge in [0.1, 0.15) is 6.07 Å². The summed E-state index contributed by atoms with van der Waals surface area (Å²) < 4.78 is 10.2. The summed E-state index contributed by atoms with van der Waals surface area (Å²) in [4.78, 5) is 0. The third-order valence-corrected chi connectivity index (χ3v) is 1.70. The molecule has 15 heavy (non-hydrogen) atoms. The van der Waals surface area contributed by atoms with Gasteiger partial charge < -0.3 is 15.3 Å². The van der Waals surface area contributed by atoms with Crippen molar-refractivity contribution in [3.63, 3.8) is 0 Å². The molecule has 0 radical (unpaired) electrons. The fraction of sp³-hybridized carbons (Fsp3) is 0.200. The molecule has 0 aliphatic carbocycles. The van der Waals surface area contributed by atoms with Crippen LogP contribution in [-0.2, 0) is 0 Å². The van der Waals surface area contributed by atoms with E-state index in [1.54, 1.807) is 18.2 Å². The van der Waals surface area contributed by atoms with E-state index < -0.39 is 0 Å². The van der Waals surface area contributed by atoms with Gasteiger partial charge in [0.2, 0.25) is 0 Å². The van der Waals surface area contributed by atoms with Gasteiger partial charge in [-0.05, 0) is 23.8 Å². The number of hydrogen-bond acceptors (Lipinski definition) is 5. The Kier molecular flexibility index (Phi) is 3.98. The molecule has 0 saturated heterocycles. The minimum Gasteiger partial charge on any atom is -0.493 e. The van der Waals surface area contributed by atoms with E-state index in [1.807, 2.05) is 6.07 Å². The second-order valence-corrected chi connectivity index (χ2v) is 2.64. The van der Waals surface area contributed by atoms with Crippen molar-refractivity contribution < 1.29 is 9.47 Å². The molecule has 5 nitrogen and oxygen atoms in total. The van der Waals surface area contributed by atoms with Crippen molar-refractivity contribution in [2.45, 2.75) is 0 Å². The summed E-state index contributed by atoms with van der Waals surface area (Å²) in [5.41, 5.74) is 0.804. The molecule has 0 bridgehead atoms. The van der Waals surface area contributed by atoms with Crippen molar-refractivity contribution in [3.05, 3.63) is 23.8 Å². The molecular weight excluding hydrogens is 194 g/mol. The third-order valence-electron chi connectivity index (χ3n) is 1.70. The molecule has 2 N–H and O–H groups in total. The van der Waals surface area contributed by atoms with Gasteiger partial charge in [-0.15, -0.1) is 0 Å². The third kappa shape index (κ3) is 2.88. The summed E-state index contributed by atoms with van der Waals surface area (Å²) >= 11 is 0. The summed E-state index contributed by atoms with van der Waals surface area (Å²) in [5, 5.41) is 11.8. The van der Waals surface area contributed by atoms with Gasteiger partial charge in [-0.2, -0.15) is 10.4 Å². The maximum Gasteiger partial charge on any atom is 0.174 e. The Morgan fingerprint density at radius 1 is 1.53 bits per heavy atom. The Balaban J connectivity index is 2.94. The maximum atomic E-state index is 8.38. The van der Waals surface area contributed by atoms with Crippen molar-refractivity contribution in [2.75, 3.05) is 13.7 Å². The van der Waals surface area contributed by atoms with Crippen LogP contribution in [0.3, 0.4) is 0 Å². The predicted molar refractivity (Wildman–Crippen MR) is 55.9 cm³/mol. The first-order valence-corrected chi connectivity index (χ1v) is 4.23. The zero-order chi connectivity index (χ0) is 11.1. The summed E-state index contributed by atoms with van der Waals surface area (Å²) in [7, 11) is 1.53. The van der Waals surface area contributed by atoms with E-state index in [0.717, 1.165) is 5.56 Å². The highest BCUT2D eigenvalue weighted by atomic mass is 16.5. The van der Waals surface area contributed by atoms with Gasteiger partial charge in [0.15, 0.2) is 18.1 Å². The van der Waals surface area contributed by atoms with E-state index in [2.05, 4.69) is 5.10 Å². The Morgan fingerprint density at radius 3 is 2.93 bits per heavy atom. The van der Waals surface area contributed by atoms with Crippen LogP contribution in [0.5, 0.6) is 11.5 Å². The lowest BCUT2D eigenvalue weighted by Gasteiger charge is -2.08. The number of nitrogens with zero attached hydrogens (tertiary/aromatic N) is 2. The molecule has 0 saturated carbocycles. The number of nitriles is 1. The van der Waals surface area contributed by atoms with Crippen LogP contribution in [0.2, 0.25) is 0 Å². The lowest BCUT2D eigenvalue weighted by Crippen LogP contribution is -1.97. The lowest BCUT2D eigenvalue weighted by molar-refractivity contribution is 0.329. The molecule has 0 unspecified atom stereocenters. The molecule has 0 aromatic heterocycles. The summed E-state index contributed by atoms with van der Waals surface area (Å²) in [5.74, 6) is 6.09. The molecule has 0 spiro atoms. The van der Waals surface area contributed by atoms with Gasteiger partial charge in [0.25, 0.3) is 0 Å². The smallest absolute Gasteiger partial charge is 0.174 e. The first-order chi connectivity index (χ1) is 7.31. The standard InChI is InChI=1S/C10H11N3O2/c1-14-10-6-8(7-13-12)2-3-9(10)15-5-4-11/h2-3,6-7H,5,12H2,1H3/b13-7-. The summed E-state index contributed by atoms with van der Waals surface area (Å²) in [6.45, 7) is -0.0132. The number of rotatable bonds is 4. The predicted octanol–water partition coefficient (Wildman–Crippen LogP) is 0.890. The quantitative estimate of drug-likeness (QED) is 0.449. The van der Waals surface area contributed by atoms with Crippen LogP contribution in [0.4, 0.5) is 0 Å². The van der Waals surface area contributed by atoms with Gasteiger partial charge in [0, 0.05) is 0 Å². The lowest BCUT2D eigenvalue weighted by atomic mass is 10.2. The van der Waals surface area contributed by atoms with Crippen LogP contribution in [0.15, 0.2) is 23.3 Å². The van der Waals surface area contributed by atoms with Gasteiger partial charge >= 0.3 is 0 Å². The molecule has 0 aliphatic heterocycles. The molecule has 1 aromatic carbocycles. The number of nitrogens with two attached hydrogens (primary N) is 1. The molecular formula is C10H11N3O2. The zero-order valence-electron chi connectivity index (χ0n) is 8.30. The maximum absolute atomic E-state index is 8.38. The van der Waals surface area contributed by atoms with Gasteiger partial charge in [0.05, 0.1) is 13.3 Å². The summed E-state index contributed by atoms with van der Waals surface area (Å²) in [6, 6.07) is 7.08. The number of ether oxygens (including phenoxy) is 2. The highest BCUT2D eigenvalue weighted by Crippen LogP contribution is 2.27.